The molecule has 0 fully saturated rings. The van der Waals surface area contributed by atoms with E-state index in [1.54, 1.807) is 11.8 Å². The van der Waals surface area contributed by atoms with E-state index in [0.717, 1.165) is 43.6 Å². The Morgan fingerprint density at radius 3 is 2.21 bits per heavy atom. The van der Waals surface area contributed by atoms with Crippen molar-refractivity contribution >= 4 is 51.7 Å². The summed E-state index contributed by atoms with van der Waals surface area (Å²) >= 11 is 13.7. The maximum Gasteiger partial charge on any atom is 0.0661 e. The molecular weight excluding hydrogens is 637 g/mol. The van der Waals surface area contributed by atoms with Gasteiger partial charge in [-0.3, -0.25) is 0 Å². The van der Waals surface area contributed by atoms with Crippen LogP contribution < -0.4 is 0 Å². The zero-order valence-corrected chi connectivity index (χ0v) is 28.8. The highest BCUT2D eigenvalue weighted by Crippen LogP contribution is 2.37. The standard InChI is InChI=1S/C36H39BrN2S3/c1-4-28-20-29(42-25-26(2)22-38)15-17-31(28)33-23-39(3)24-34(36(33)40)32-18-16-30(21-35(32)37)41-19-11-6-5-8-12-27-13-9-7-10-14-27/h7,9-10,13-18,20-21,23-24,26H,4-6,8,11-12,19,25H2,1-3H3. The van der Waals surface area contributed by atoms with E-state index in [1.807, 2.05) is 18.7 Å². The average Bonchev–Trinajstić information content (AvgIpc) is 3.01. The lowest BCUT2D eigenvalue weighted by Gasteiger charge is -2.16. The average molecular weight is 676 g/mol. The van der Waals surface area contributed by atoms with Gasteiger partial charge in [-0.25, -0.2) is 0 Å². The summed E-state index contributed by atoms with van der Waals surface area (Å²) in [7, 11) is 2.07. The second kappa shape index (κ2) is 16.5. The number of aromatic nitrogens is 1. The number of halogens is 1. The van der Waals surface area contributed by atoms with Gasteiger partial charge in [-0.15, -0.1) is 23.5 Å². The van der Waals surface area contributed by atoms with Gasteiger partial charge in [0.1, 0.15) is 0 Å². The van der Waals surface area contributed by atoms with Gasteiger partial charge in [0.2, 0.25) is 0 Å². The molecule has 0 aliphatic rings. The molecule has 4 aromatic rings. The molecule has 42 heavy (non-hydrogen) atoms. The molecule has 0 bridgehead atoms. The summed E-state index contributed by atoms with van der Waals surface area (Å²) in [5.41, 5.74) is 7.18. The van der Waals surface area contributed by atoms with Crippen molar-refractivity contribution in [2.24, 2.45) is 13.0 Å². The first-order valence-electron chi connectivity index (χ1n) is 14.7. The van der Waals surface area contributed by atoms with Gasteiger partial charge in [0, 0.05) is 50.6 Å². The number of nitriles is 1. The van der Waals surface area contributed by atoms with Crippen LogP contribution in [0.5, 0.6) is 0 Å². The molecular formula is C36H39BrN2S3. The van der Waals surface area contributed by atoms with Gasteiger partial charge in [0.15, 0.2) is 0 Å². The van der Waals surface area contributed by atoms with E-state index < -0.39 is 0 Å². The minimum Gasteiger partial charge on any atom is -0.356 e. The van der Waals surface area contributed by atoms with Gasteiger partial charge in [-0.05, 0) is 84.9 Å². The third kappa shape index (κ3) is 9.10. The molecule has 1 atom stereocenters. The third-order valence-electron chi connectivity index (χ3n) is 7.32. The highest BCUT2D eigenvalue weighted by atomic mass is 79.9. The van der Waals surface area contributed by atoms with Crippen molar-refractivity contribution in [2.45, 2.75) is 62.2 Å². The van der Waals surface area contributed by atoms with Gasteiger partial charge in [-0.2, -0.15) is 5.26 Å². The minimum atomic E-state index is 0.0353. The predicted molar refractivity (Wildman–Crippen MR) is 189 cm³/mol. The maximum atomic E-state index is 9.14. The lowest BCUT2D eigenvalue weighted by molar-refractivity contribution is 0.670. The lowest BCUT2D eigenvalue weighted by Crippen LogP contribution is -1.98. The molecule has 0 aliphatic heterocycles. The minimum absolute atomic E-state index is 0.0353. The first kappa shape index (κ1) is 32.6. The molecule has 1 heterocycles. The van der Waals surface area contributed by atoms with Crippen LogP contribution in [0, 0.1) is 21.8 Å². The van der Waals surface area contributed by atoms with Crippen molar-refractivity contribution in [3.63, 3.8) is 0 Å². The fourth-order valence-electron chi connectivity index (χ4n) is 4.99. The number of thioether (sulfide) groups is 2. The van der Waals surface area contributed by atoms with E-state index in [4.69, 9.17) is 17.5 Å². The normalized spacial score (nSPS) is 11.8. The summed E-state index contributed by atoms with van der Waals surface area (Å²) in [5.74, 6) is 1.97. The Bertz CT molecular complexity index is 1570. The summed E-state index contributed by atoms with van der Waals surface area (Å²) in [6.45, 7) is 4.16. The van der Waals surface area contributed by atoms with Crippen molar-refractivity contribution in [1.82, 2.24) is 4.57 Å². The summed E-state index contributed by atoms with van der Waals surface area (Å²) in [5, 5.41) is 9.14. The van der Waals surface area contributed by atoms with Gasteiger partial charge in [-0.1, -0.05) is 90.4 Å². The van der Waals surface area contributed by atoms with Crippen LogP contribution in [0.25, 0.3) is 22.3 Å². The van der Waals surface area contributed by atoms with E-state index in [0.29, 0.717) is 0 Å². The Balaban J connectivity index is 1.42. The molecule has 0 N–H and O–H groups in total. The van der Waals surface area contributed by atoms with E-state index in [9.17, 15) is 0 Å². The fourth-order valence-corrected chi connectivity index (χ4v) is 7.91. The van der Waals surface area contributed by atoms with Crippen LogP contribution in [-0.2, 0) is 19.9 Å². The van der Waals surface area contributed by atoms with Crippen LogP contribution >= 0.6 is 51.7 Å². The Labute approximate surface area is 274 Å². The number of nitrogens with zero attached hydrogens (tertiary/aromatic N) is 2. The summed E-state index contributed by atoms with van der Waals surface area (Å²) in [6.07, 6.45) is 11.4. The second-order valence-electron chi connectivity index (χ2n) is 10.7. The van der Waals surface area contributed by atoms with Crippen LogP contribution in [0.2, 0.25) is 0 Å². The number of hydrogen-bond donors (Lipinski definition) is 0. The van der Waals surface area contributed by atoms with E-state index in [2.05, 4.69) is 120 Å². The topological polar surface area (TPSA) is 28.7 Å². The summed E-state index contributed by atoms with van der Waals surface area (Å²) in [4.78, 5) is 2.49. The van der Waals surface area contributed by atoms with Crippen LogP contribution in [0.1, 0.15) is 50.7 Å². The molecule has 4 rings (SSSR count). The smallest absolute Gasteiger partial charge is 0.0661 e. The lowest BCUT2D eigenvalue weighted by atomic mass is 9.96. The van der Waals surface area contributed by atoms with Gasteiger partial charge in [0.25, 0.3) is 0 Å². The quantitative estimate of drug-likeness (QED) is 0.0756. The van der Waals surface area contributed by atoms with E-state index in [-0.39, 0.29) is 5.92 Å². The Kier molecular flexibility index (Phi) is 12.8. The number of unbranched alkanes of at least 4 members (excludes halogenated alkanes) is 3. The molecule has 218 valence electrons. The molecule has 0 amide bonds. The largest absolute Gasteiger partial charge is 0.356 e. The number of rotatable bonds is 14. The molecule has 0 spiro atoms. The van der Waals surface area contributed by atoms with Crippen molar-refractivity contribution in [3.05, 3.63) is 99.2 Å². The molecule has 0 radical (unpaired) electrons. The van der Waals surface area contributed by atoms with Crippen molar-refractivity contribution < 1.29 is 0 Å². The molecule has 1 unspecified atom stereocenters. The fraction of sp³-hybridized carbons (Fsp3) is 0.333. The van der Waals surface area contributed by atoms with Crippen LogP contribution in [-0.4, -0.2) is 16.1 Å². The predicted octanol–water partition coefficient (Wildman–Crippen LogP) is 11.6. The van der Waals surface area contributed by atoms with Gasteiger partial charge >= 0.3 is 0 Å². The van der Waals surface area contributed by atoms with Gasteiger partial charge < -0.3 is 4.57 Å². The highest BCUT2D eigenvalue weighted by molar-refractivity contribution is 9.10. The summed E-state index contributed by atoms with van der Waals surface area (Å²) < 4.78 is 4.06. The first-order valence-corrected chi connectivity index (χ1v) is 17.9. The molecule has 1 aromatic heterocycles. The maximum absolute atomic E-state index is 9.14. The second-order valence-corrected chi connectivity index (χ2v) is 14.3. The molecule has 6 heteroatoms. The SMILES string of the molecule is CCc1cc(SCC(C)C#N)ccc1-c1cn(C)cc(-c2ccc(SCCCCCCc3ccccc3)cc2Br)c1=S. The van der Waals surface area contributed by atoms with Crippen molar-refractivity contribution in [1.29, 1.82) is 5.26 Å². The molecule has 0 aliphatic carbocycles. The highest BCUT2D eigenvalue weighted by Gasteiger charge is 2.14. The van der Waals surface area contributed by atoms with Crippen molar-refractivity contribution in [2.75, 3.05) is 11.5 Å². The number of benzene rings is 3. The summed E-state index contributed by atoms with van der Waals surface area (Å²) in [6, 6.07) is 26.4. The zero-order chi connectivity index (χ0) is 29.9. The Morgan fingerprint density at radius 2 is 1.52 bits per heavy atom. The number of pyridine rings is 1. The van der Waals surface area contributed by atoms with E-state index in [1.165, 1.54) is 58.6 Å². The molecule has 0 saturated heterocycles. The zero-order valence-electron chi connectivity index (χ0n) is 24.7. The third-order valence-corrected chi connectivity index (χ3v) is 10.8. The van der Waals surface area contributed by atoms with E-state index >= 15 is 0 Å². The Hall–Kier alpha value is -2.30. The molecule has 3 aromatic carbocycles. The van der Waals surface area contributed by atoms with Crippen LogP contribution in [0.15, 0.2) is 93.4 Å². The van der Waals surface area contributed by atoms with Crippen LogP contribution in [0.4, 0.5) is 0 Å². The first-order chi connectivity index (χ1) is 20.4. The number of hydrogen-bond acceptors (Lipinski definition) is 4. The Morgan fingerprint density at radius 1 is 0.857 bits per heavy atom. The monoisotopic (exact) mass is 674 g/mol. The molecule has 0 saturated carbocycles. The molecule has 2 nitrogen and oxygen atoms in total. The van der Waals surface area contributed by atoms with Gasteiger partial charge in [0.05, 0.1) is 16.5 Å². The van der Waals surface area contributed by atoms with Crippen molar-refractivity contribution in [3.8, 4) is 28.3 Å². The van der Waals surface area contributed by atoms with Crippen LogP contribution in [0.3, 0.4) is 0 Å². The number of aryl methyl sites for hydroxylation is 3.